The molecular weight excluding hydrogens is 598 g/mol. The van der Waals surface area contributed by atoms with Crippen LogP contribution in [0.25, 0.3) is 0 Å². The van der Waals surface area contributed by atoms with E-state index in [0.29, 0.717) is 0 Å². The first-order chi connectivity index (χ1) is 17.6. The molecule has 0 aromatic heterocycles. The minimum absolute atomic E-state index is 0. The van der Waals surface area contributed by atoms with E-state index in [-0.39, 0.29) is 40.2 Å². The normalized spacial score (nSPS) is 21.7. The second-order valence-electron chi connectivity index (χ2n) is 5.48. The van der Waals surface area contributed by atoms with Crippen LogP contribution < -0.4 is 0 Å². The fraction of sp³-hybridized carbons (Fsp3) is 0.417. The van der Waals surface area contributed by atoms with Crippen molar-refractivity contribution in [1.82, 2.24) is 0 Å². The molecule has 38 heavy (non-hydrogen) atoms. The molecule has 14 heteroatoms. The summed E-state index contributed by atoms with van der Waals surface area (Å²) < 4.78 is 72.4. The van der Waals surface area contributed by atoms with Gasteiger partial charge in [-0.1, -0.05) is 30.3 Å². The molecule has 1 aliphatic rings. The number of hydrogen-bond donors (Lipinski definition) is 1. The van der Waals surface area contributed by atoms with Gasteiger partial charge < -0.3 is 28.8 Å². The third-order valence-corrected chi connectivity index (χ3v) is 3.99. The van der Waals surface area contributed by atoms with Gasteiger partial charge in [0.25, 0.3) is 0 Å². The molecule has 0 saturated carbocycles. The summed E-state index contributed by atoms with van der Waals surface area (Å²) in [6.07, 6.45) is 3.29. The maximum Gasteiger partial charge on any atom is 0 e. The number of methoxy groups -OCH3 is 4. The fourth-order valence-corrected chi connectivity index (χ4v) is 2.89. The van der Waals surface area contributed by atoms with Crippen molar-refractivity contribution in [1.29, 1.82) is 0 Å². The first-order valence-corrected chi connectivity index (χ1v) is 8.87. The molecule has 1 aromatic carbocycles. The van der Waals surface area contributed by atoms with Crippen LogP contribution >= 0.6 is 0 Å². The standard InChI is InChI=1S/C18H24O6.6CO.2Co/c1-20-12-14-15(21-2)16(22-3)17(23-4)18(19,24-14)11-10-13-8-6-5-7-9-13;6*1-2;;/h5-9,14-17,19H,12H2,1-4H3;;;;;;;;/t14-,15-,16+,17-,18+;;;;;;;;/m1......../s1. The Morgan fingerprint density at radius 3 is 1.53 bits per heavy atom. The van der Waals surface area contributed by atoms with Crippen LogP contribution in [-0.2, 0) is 85.2 Å². The van der Waals surface area contributed by atoms with Gasteiger partial charge in [-0.25, -0.2) is 0 Å². The van der Waals surface area contributed by atoms with Crippen LogP contribution in [0.5, 0.6) is 0 Å². The number of rotatable bonds is 7. The average molecular weight is 622 g/mol. The summed E-state index contributed by atoms with van der Waals surface area (Å²) in [5.74, 6) is -1.84. The van der Waals surface area contributed by atoms with Gasteiger partial charge in [0, 0.05) is 68.1 Å². The van der Waals surface area contributed by atoms with Crippen LogP contribution in [0.1, 0.15) is 5.56 Å². The maximum atomic E-state index is 11.0. The monoisotopic (exact) mass is 622 g/mol. The van der Waals surface area contributed by atoms with Crippen molar-refractivity contribution in [3.05, 3.63) is 87.9 Å². The van der Waals surface area contributed by atoms with Gasteiger partial charge >= 0.3 is 67.8 Å². The Balaban J connectivity index is -0.000000121. The number of ether oxygens (including phenoxy) is 5. The zero-order valence-corrected chi connectivity index (χ0v) is 22.6. The van der Waals surface area contributed by atoms with Crippen LogP contribution in [-0.4, -0.2) is 70.4 Å². The van der Waals surface area contributed by atoms with Gasteiger partial charge in [-0.15, -0.1) is 0 Å². The average Bonchev–Trinajstić information content (AvgIpc) is 2.98. The molecular formula is C24H24Co2O12. The van der Waals surface area contributed by atoms with Crippen LogP contribution in [0.15, 0.2) is 30.3 Å². The molecule has 0 bridgehead atoms. The Kier molecular flexibility index (Phi) is 54.9. The molecule has 1 aliphatic heterocycles. The van der Waals surface area contributed by atoms with Gasteiger partial charge in [0.15, 0.2) is 0 Å². The van der Waals surface area contributed by atoms with E-state index in [1.165, 1.54) is 14.2 Å². The Bertz CT molecular complexity index is 731. The molecule has 0 aliphatic carbocycles. The van der Waals surface area contributed by atoms with Gasteiger partial charge in [0.05, 0.1) is 6.61 Å². The Morgan fingerprint density at radius 2 is 1.18 bits per heavy atom. The van der Waals surface area contributed by atoms with Crippen LogP contribution in [0.4, 0.5) is 0 Å². The molecule has 1 fully saturated rings. The van der Waals surface area contributed by atoms with E-state index in [1.54, 1.807) is 14.2 Å². The molecule has 0 amide bonds. The summed E-state index contributed by atoms with van der Waals surface area (Å²) in [7, 11) is 6.10. The summed E-state index contributed by atoms with van der Waals surface area (Å²) in [5, 5.41) is 11.0. The summed E-state index contributed by atoms with van der Waals surface area (Å²) in [6, 6.07) is 9.33. The summed E-state index contributed by atoms with van der Waals surface area (Å²) in [4.78, 5) is 0. The molecule has 1 N–H and O–H groups in total. The van der Waals surface area contributed by atoms with Crippen molar-refractivity contribution < 1.29 is 90.3 Å². The largest absolute Gasteiger partial charge is 0 e. The van der Waals surface area contributed by atoms with Gasteiger partial charge in [-0.05, 0) is 11.6 Å². The van der Waals surface area contributed by atoms with E-state index >= 15 is 0 Å². The summed E-state index contributed by atoms with van der Waals surface area (Å²) >= 11 is 0. The minimum Gasteiger partial charge on any atom is 0 e. The van der Waals surface area contributed by atoms with Crippen molar-refractivity contribution in [3.8, 4) is 0 Å². The van der Waals surface area contributed by atoms with Crippen molar-refractivity contribution in [2.75, 3.05) is 35.0 Å². The van der Waals surface area contributed by atoms with E-state index in [0.717, 1.165) is 5.56 Å². The second kappa shape index (κ2) is 39.7. The Labute approximate surface area is 243 Å². The SMILES string of the molecule is COC[C@H]1O[C@@](O)([C]=[C]c2ccccc2)[C@H](OC)[C@@H](OC)[C@@H]1OC.[C-]#[O+].[C-]#[O+].[C-]#[O+].[C-]#[O+].[C-]#[O+].[C-]#[O+].[Co].[Co]. The second-order valence-corrected chi connectivity index (χ2v) is 5.48. The van der Waals surface area contributed by atoms with E-state index in [1.807, 2.05) is 30.3 Å². The van der Waals surface area contributed by atoms with E-state index in [2.05, 4.69) is 52.1 Å². The van der Waals surface area contributed by atoms with E-state index in [9.17, 15) is 5.11 Å². The van der Waals surface area contributed by atoms with Gasteiger partial charge in [-0.2, -0.15) is 0 Å². The maximum absolute atomic E-state index is 11.0. The topological polar surface area (TPSA) is 186 Å². The summed E-state index contributed by atoms with van der Waals surface area (Å²) in [5.41, 5.74) is 0.760. The third-order valence-electron chi connectivity index (χ3n) is 3.99. The summed E-state index contributed by atoms with van der Waals surface area (Å²) in [6.45, 7) is 27.2. The zero-order chi connectivity index (χ0) is 29.6. The van der Waals surface area contributed by atoms with Crippen molar-refractivity contribution in [2.45, 2.75) is 30.2 Å². The zero-order valence-electron chi connectivity index (χ0n) is 20.5. The van der Waals surface area contributed by atoms with Crippen LogP contribution in [0, 0.1) is 52.1 Å². The Hall–Kier alpha value is -1.83. The minimum atomic E-state index is -1.84. The molecule has 4 radical (unpaired) electrons. The molecule has 2 rings (SSSR count). The van der Waals surface area contributed by atoms with Crippen LogP contribution in [0.2, 0.25) is 0 Å². The fourth-order valence-electron chi connectivity index (χ4n) is 2.89. The molecule has 12 nitrogen and oxygen atoms in total. The van der Waals surface area contributed by atoms with Gasteiger partial charge in [-0.3, -0.25) is 0 Å². The quantitative estimate of drug-likeness (QED) is 0.345. The first-order valence-electron chi connectivity index (χ1n) is 8.87. The van der Waals surface area contributed by atoms with Crippen molar-refractivity contribution >= 4 is 0 Å². The number of hydrogen-bond acceptors (Lipinski definition) is 6. The number of benzene rings is 1. The van der Waals surface area contributed by atoms with Crippen LogP contribution in [0.3, 0.4) is 0 Å². The van der Waals surface area contributed by atoms with E-state index in [4.69, 9.17) is 51.6 Å². The molecule has 210 valence electrons. The molecule has 0 spiro atoms. The van der Waals surface area contributed by atoms with Crippen molar-refractivity contribution in [2.24, 2.45) is 0 Å². The van der Waals surface area contributed by atoms with E-state index < -0.39 is 30.2 Å². The van der Waals surface area contributed by atoms with Gasteiger partial charge in [0.1, 0.15) is 24.4 Å². The third kappa shape index (κ3) is 19.3. The first kappa shape index (κ1) is 52.6. The van der Waals surface area contributed by atoms with Crippen molar-refractivity contribution in [3.63, 3.8) is 0 Å². The van der Waals surface area contributed by atoms with Gasteiger partial charge in [0.2, 0.25) is 5.79 Å². The predicted molar refractivity (Wildman–Crippen MR) is 110 cm³/mol. The predicted octanol–water partition coefficient (Wildman–Crippen LogP) is 0.746. The molecule has 1 aromatic rings. The Morgan fingerprint density at radius 1 is 0.763 bits per heavy atom. The molecule has 0 unspecified atom stereocenters. The smallest absolute Gasteiger partial charge is 0 e. The molecule has 1 saturated heterocycles. The molecule has 1 heterocycles. The molecule has 5 atom stereocenters. The number of aliphatic hydroxyl groups is 1.